The Balaban J connectivity index is 4.00. The van der Waals surface area contributed by atoms with Crippen LogP contribution in [-0.4, -0.2) is 5.78 Å². The average Bonchev–Trinajstić information content (AvgIpc) is 1.99. The second-order valence-corrected chi connectivity index (χ2v) is 2.01. The number of carbonyl (C=O) groups is 1. The highest BCUT2D eigenvalue weighted by Gasteiger charge is 1.87. The lowest BCUT2D eigenvalue weighted by atomic mass is 10.2. The van der Waals surface area contributed by atoms with Gasteiger partial charge < -0.3 is 0 Å². The van der Waals surface area contributed by atoms with Gasteiger partial charge in [0.15, 0.2) is 5.78 Å². The van der Waals surface area contributed by atoms with Crippen LogP contribution in [0.1, 0.15) is 20.3 Å². The van der Waals surface area contributed by atoms with Crippen molar-refractivity contribution < 1.29 is 4.79 Å². The molecule has 0 atom stereocenters. The van der Waals surface area contributed by atoms with E-state index in [1.807, 2.05) is 13.8 Å². The van der Waals surface area contributed by atoms with Gasteiger partial charge in [-0.1, -0.05) is 13.5 Å². The van der Waals surface area contributed by atoms with Crippen molar-refractivity contribution in [2.45, 2.75) is 20.3 Å². The summed E-state index contributed by atoms with van der Waals surface area (Å²) in [6.07, 6.45) is 3.83. The van der Waals surface area contributed by atoms with Gasteiger partial charge in [0.1, 0.15) is 0 Å². The standard InChI is InChI=1S/C9H12O/c1-4-8(3)6-7-9(10)5-2/h6-7H,1,5H2,2-3H3/b7-6-. The average molecular weight is 136 g/mol. The molecule has 0 heterocycles. The predicted octanol–water partition coefficient (Wildman–Crippen LogP) is 2.25. The van der Waals surface area contributed by atoms with Crippen molar-refractivity contribution >= 4 is 5.78 Å². The highest BCUT2D eigenvalue weighted by atomic mass is 16.1. The Kier molecular flexibility index (Phi) is 4.26. The Labute approximate surface area is 61.8 Å². The van der Waals surface area contributed by atoms with Gasteiger partial charge in [-0.25, -0.2) is 0 Å². The minimum Gasteiger partial charge on any atom is -0.295 e. The Morgan fingerprint density at radius 1 is 1.60 bits per heavy atom. The van der Waals surface area contributed by atoms with Crippen LogP contribution in [0.2, 0.25) is 0 Å². The summed E-state index contributed by atoms with van der Waals surface area (Å²) in [6.45, 7) is 7.13. The SMILES string of the molecule is C=C=C(C)/C=C\C(=O)CC. The zero-order valence-corrected chi connectivity index (χ0v) is 6.48. The fourth-order valence-electron chi connectivity index (χ4n) is 0.395. The third kappa shape index (κ3) is 3.88. The molecule has 0 rings (SSSR count). The number of ketones is 1. The highest BCUT2D eigenvalue weighted by Crippen LogP contribution is 1.92. The summed E-state index contributed by atoms with van der Waals surface area (Å²) in [5.74, 6) is 0.134. The van der Waals surface area contributed by atoms with Crippen LogP contribution in [0.15, 0.2) is 30.0 Å². The summed E-state index contributed by atoms with van der Waals surface area (Å²) < 4.78 is 0. The molecule has 1 heteroatoms. The summed E-state index contributed by atoms with van der Waals surface area (Å²) in [4.78, 5) is 10.7. The molecule has 10 heavy (non-hydrogen) atoms. The molecule has 0 fully saturated rings. The molecule has 0 spiro atoms. The maximum atomic E-state index is 10.7. The molecule has 0 bridgehead atoms. The number of carbonyl (C=O) groups excluding carboxylic acids is 1. The lowest BCUT2D eigenvalue weighted by molar-refractivity contribution is -0.114. The van der Waals surface area contributed by atoms with Crippen molar-refractivity contribution in [3.63, 3.8) is 0 Å². The van der Waals surface area contributed by atoms with Crippen LogP contribution in [0.5, 0.6) is 0 Å². The first-order chi connectivity index (χ1) is 4.70. The van der Waals surface area contributed by atoms with Gasteiger partial charge in [-0.15, -0.1) is 5.73 Å². The molecule has 0 aliphatic carbocycles. The largest absolute Gasteiger partial charge is 0.295 e. The van der Waals surface area contributed by atoms with Crippen LogP contribution in [0.4, 0.5) is 0 Å². The van der Waals surface area contributed by atoms with E-state index < -0.39 is 0 Å². The van der Waals surface area contributed by atoms with Crippen molar-refractivity contribution in [3.8, 4) is 0 Å². The van der Waals surface area contributed by atoms with Gasteiger partial charge in [0.25, 0.3) is 0 Å². The number of hydrogen-bond donors (Lipinski definition) is 0. The predicted molar refractivity (Wildman–Crippen MR) is 42.8 cm³/mol. The van der Waals surface area contributed by atoms with Crippen LogP contribution in [0.25, 0.3) is 0 Å². The Hall–Kier alpha value is -1.07. The molecular formula is C9H12O. The molecule has 0 N–H and O–H groups in total. The van der Waals surface area contributed by atoms with E-state index >= 15 is 0 Å². The maximum Gasteiger partial charge on any atom is 0.155 e. The number of allylic oxidation sites excluding steroid dienone is 3. The van der Waals surface area contributed by atoms with Crippen LogP contribution < -0.4 is 0 Å². The van der Waals surface area contributed by atoms with E-state index in [0.29, 0.717) is 6.42 Å². The van der Waals surface area contributed by atoms with Gasteiger partial charge in [0.2, 0.25) is 0 Å². The van der Waals surface area contributed by atoms with Crippen molar-refractivity contribution in [3.05, 3.63) is 30.0 Å². The van der Waals surface area contributed by atoms with Crippen LogP contribution in [0.3, 0.4) is 0 Å². The first kappa shape index (κ1) is 8.93. The molecule has 0 saturated heterocycles. The molecule has 0 saturated carbocycles. The molecule has 0 aromatic carbocycles. The summed E-state index contributed by atoms with van der Waals surface area (Å²) >= 11 is 0. The molecule has 0 aliphatic rings. The van der Waals surface area contributed by atoms with Gasteiger partial charge in [0, 0.05) is 6.42 Å². The number of rotatable bonds is 3. The van der Waals surface area contributed by atoms with Gasteiger partial charge >= 0.3 is 0 Å². The molecule has 1 nitrogen and oxygen atoms in total. The first-order valence-corrected chi connectivity index (χ1v) is 3.28. The van der Waals surface area contributed by atoms with E-state index in [9.17, 15) is 4.79 Å². The molecule has 0 radical (unpaired) electrons. The monoisotopic (exact) mass is 136 g/mol. The second-order valence-electron chi connectivity index (χ2n) is 2.01. The molecule has 0 aromatic heterocycles. The van der Waals surface area contributed by atoms with Crippen LogP contribution >= 0.6 is 0 Å². The normalized spacial score (nSPS) is 9.40. The third-order valence-electron chi connectivity index (χ3n) is 1.15. The lowest BCUT2D eigenvalue weighted by Gasteiger charge is -1.84. The smallest absolute Gasteiger partial charge is 0.155 e. The van der Waals surface area contributed by atoms with E-state index in [-0.39, 0.29) is 5.78 Å². The zero-order chi connectivity index (χ0) is 7.98. The van der Waals surface area contributed by atoms with E-state index in [2.05, 4.69) is 12.3 Å². The molecule has 54 valence electrons. The molecule has 0 aromatic rings. The van der Waals surface area contributed by atoms with E-state index in [0.717, 1.165) is 5.57 Å². The first-order valence-electron chi connectivity index (χ1n) is 3.28. The highest BCUT2D eigenvalue weighted by molar-refractivity contribution is 5.89. The quantitative estimate of drug-likeness (QED) is 0.330. The zero-order valence-electron chi connectivity index (χ0n) is 6.48. The van der Waals surface area contributed by atoms with Crippen molar-refractivity contribution in [2.24, 2.45) is 0 Å². The molecule has 0 amide bonds. The van der Waals surface area contributed by atoms with Gasteiger partial charge in [-0.3, -0.25) is 4.79 Å². The summed E-state index contributed by atoms with van der Waals surface area (Å²) in [7, 11) is 0. The van der Waals surface area contributed by atoms with Crippen molar-refractivity contribution in [1.29, 1.82) is 0 Å². The van der Waals surface area contributed by atoms with Crippen LogP contribution in [-0.2, 0) is 4.79 Å². The van der Waals surface area contributed by atoms with E-state index in [1.165, 1.54) is 0 Å². The maximum absolute atomic E-state index is 10.7. The van der Waals surface area contributed by atoms with E-state index in [1.54, 1.807) is 12.2 Å². The summed E-state index contributed by atoms with van der Waals surface area (Å²) in [5, 5.41) is 0. The van der Waals surface area contributed by atoms with E-state index in [4.69, 9.17) is 0 Å². The number of hydrogen-bond acceptors (Lipinski definition) is 1. The molecule has 0 unspecified atom stereocenters. The van der Waals surface area contributed by atoms with Gasteiger partial charge in [-0.05, 0) is 24.6 Å². The minimum absolute atomic E-state index is 0.134. The third-order valence-corrected chi connectivity index (χ3v) is 1.15. The van der Waals surface area contributed by atoms with Crippen molar-refractivity contribution in [1.82, 2.24) is 0 Å². The molecular weight excluding hydrogens is 124 g/mol. The molecule has 0 aliphatic heterocycles. The summed E-state index contributed by atoms with van der Waals surface area (Å²) in [5.41, 5.74) is 3.56. The Morgan fingerprint density at radius 2 is 2.20 bits per heavy atom. The lowest BCUT2D eigenvalue weighted by Crippen LogP contribution is -1.86. The topological polar surface area (TPSA) is 17.1 Å². The summed E-state index contributed by atoms with van der Waals surface area (Å²) in [6, 6.07) is 0. The second kappa shape index (κ2) is 4.78. The fourth-order valence-corrected chi connectivity index (χ4v) is 0.395. The Morgan fingerprint density at radius 3 is 2.60 bits per heavy atom. The minimum atomic E-state index is 0.134. The van der Waals surface area contributed by atoms with Crippen molar-refractivity contribution in [2.75, 3.05) is 0 Å². The van der Waals surface area contributed by atoms with Gasteiger partial charge in [-0.2, -0.15) is 0 Å². The van der Waals surface area contributed by atoms with Crippen LogP contribution in [0, 0.1) is 0 Å². The van der Waals surface area contributed by atoms with Gasteiger partial charge in [0.05, 0.1) is 0 Å². The fraction of sp³-hybridized carbons (Fsp3) is 0.333. The Bertz CT molecular complexity index is 193.